The number of nitrogens with two attached hydrogens (primary N) is 1. The van der Waals surface area contributed by atoms with Crippen molar-refractivity contribution in [1.29, 1.82) is 0 Å². The summed E-state index contributed by atoms with van der Waals surface area (Å²) in [5.41, 5.74) is 5.07. The van der Waals surface area contributed by atoms with Crippen LogP contribution in [0, 0.1) is 5.92 Å². The van der Waals surface area contributed by atoms with E-state index in [0.29, 0.717) is 0 Å². The Kier molecular flexibility index (Phi) is 5.95. The SMILES string of the molecule is COC(=O)[C@H](N)C(C)CNC(=O)OC(C)(C)C. The van der Waals surface area contributed by atoms with Crippen LogP contribution in [0.3, 0.4) is 0 Å². The maximum atomic E-state index is 11.3. The fraction of sp³-hybridized carbons (Fsp3) is 0.818. The Morgan fingerprint density at radius 2 is 1.88 bits per heavy atom. The van der Waals surface area contributed by atoms with Gasteiger partial charge in [-0.25, -0.2) is 4.79 Å². The van der Waals surface area contributed by atoms with Crippen molar-refractivity contribution >= 4 is 12.1 Å². The quantitative estimate of drug-likeness (QED) is 0.711. The summed E-state index contributed by atoms with van der Waals surface area (Å²) in [4.78, 5) is 22.5. The molecule has 0 aliphatic rings. The Morgan fingerprint density at radius 3 is 2.29 bits per heavy atom. The first-order valence-corrected chi connectivity index (χ1v) is 5.47. The molecule has 6 nitrogen and oxygen atoms in total. The van der Waals surface area contributed by atoms with Gasteiger partial charge < -0.3 is 20.5 Å². The third-order valence-electron chi connectivity index (χ3n) is 2.05. The topological polar surface area (TPSA) is 90.6 Å². The van der Waals surface area contributed by atoms with Gasteiger partial charge in [0.2, 0.25) is 0 Å². The largest absolute Gasteiger partial charge is 0.468 e. The van der Waals surface area contributed by atoms with Gasteiger partial charge in [0.15, 0.2) is 0 Å². The molecule has 0 aromatic carbocycles. The average molecular weight is 246 g/mol. The van der Waals surface area contributed by atoms with E-state index in [1.54, 1.807) is 27.7 Å². The maximum Gasteiger partial charge on any atom is 0.407 e. The first-order valence-electron chi connectivity index (χ1n) is 5.47. The van der Waals surface area contributed by atoms with Gasteiger partial charge in [-0.3, -0.25) is 4.79 Å². The third-order valence-corrected chi connectivity index (χ3v) is 2.05. The van der Waals surface area contributed by atoms with Gasteiger partial charge in [0.25, 0.3) is 0 Å². The van der Waals surface area contributed by atoms with E-state index in [4.69, 9.17) is 10.5 Å². The van der Waals surface area contributed by atoms with E-state index in [2.05, 4.69) is 10.1 Å². The zero-order valence-corrected chi connectivity index (χ0v) is 11.1. The lowest BCUT2D eigenvalue weighted by Gasteiger charge is -2.22. The van der Waals surface area contributed by atoms with Crippen LogP contribution in [0.4, 0.5) is 4.79 Å². The highest BCUT2D eigenvalue weighted by atomic mass is 16.6. The van der Waals surface area contributed by atoms with Crippen LogP contribution in [-0.2, 0) is 14.3 Å². The Hall–Kier alpha value is -1.30. The standard InChI is InChI=1S/C11H22N2O4/c1-7(8(12)9(14)16-5)6-13-10(15)17-11(2,3)4/h7-8H,6,12H2,1-5H3,(H,13,15)/t7?,8-/m1/s1. The lowest BCUT2D eigenvalue weighted by Crippen LogP contribution is -2.44. The number of carbonyl (C=O) groups is 2. The molecule has 0 aromatic rings. The number of amides is 1. The first-order chi connectivity index (χ1) is 7.67. The van der Waals surface area contributed by atoms with E-state index in [9.17, 15) is 9.59 Å². The number of alkyl carbamates (subject to hydrolysis) is 1. The molecule has 0 aliphatic carbocycles. The van der Waals surface area contributed by atoms with Gasteiger partial charge in [0.1, 0.15) is 11.6 Å². The average Bonchev–Trinajstić information content (AvgIpc) is 2.21. The van der Waals surface area contributed by atoms with Crippen LogP contribution in [0.5, 0.6) is 0 Å². The molecule has 0 spiro atoms. The number of nitrogens with one attached hydrogen (secondary N) is 1. The summed E-state index contributed by atoms with van der Waals surface area (Å²) in [6.45, 7) is 7.33. The fourth-order valence-electron chi connectivity index (χ4n) is 1.05. The molecule has 0 saturated carbocycles. The van der Waals surface area contributed by atoms with Crippen molar-refractivity contribution in [2.24, 2.45) is 11.7 Å². The summed E-state index contributed by atoms with van der Waals surface area (Å²) in [5, 5.41) is 2.55. The summed E-state index contributed by atoms with van der Waals surface area (Å²) in [6.07, 6.45) is -0.526. The molecule has 6 heteroatoms. The molecule has 1 amide bonds. The van der Waals surface area contributed by atoms with E-state index < -0.39 is 23.7 Å². The number of rotatable bonds is 4. The Labute approximate surface area is 102 Å². The zero-order chi connectivity index (χ0) is 13.6. The maximum absolute atomic E-state index is 11.3. The van der Waals surface area contributed by atoms with E-state index in [-0.39, 0.29) is 12.5 Å². The van der Waals surface area contributed by atoms with Crippen molar-refractivity contribution in [2.75, 3.05) is 13.7 Å². The molecule has 3 N–H and O–H groups in total. The minimum absolute atomic E-state index is 0.227. The van der Waals surface area contributed by atoms with Crippen LogP contribution in [-0.4, -0.2) is 37.4 Å². The molecule has 17 heavy (non-hydrogen) atoms. The molecule has 2 atom stereocenters. The molecule has 0 heterocycles. The monoisotopic (exact) mass is 246 g/mol. The second-order valence-corrected chi connectivity index (χ2v) is 4.91. The van der Waals surface area contributed by atoms with Gasteiger partial charge in [-0.05, 0) is 26.7 Å². The number of hydrogen-bond donors (Lipinski definition) is 2. The van der Waals surface area contributed by atoms with Crippen molar-refractivity contribution in [3.05, 3.63) is 0 Å². The van der Waals surface area contributed by atoms with Gasteiger partial charge in [-0.15, -0.1) is 0 Å². The van der Waals surface area contributed by atoms with Crippen LogP contribution >= 0.6 is 0 Å². The molecule has 0 aliphatic heterocycles. The fourth-order valence-corrected chi connectivity index (χ4v) is 1.05. The van der Waals surface area contributed by atoms with Crippen molar-refractivity contribution in [3.63, 3.8) is 0 Å². The van der Waals surface area contributed by atoms with E-state index in [0.717, 1.165) is 0 Å². The Morgan fingerprint density at radius 1 is 1.35 bits per heavy atom. The molecule has 0 fully saturated rings. The highest BCUT2D eigenvalue weighted by molar-refractivity contribution is 5.75. The summed E-state index contributed by atoms with van der Waals surface area (Å²) in [6, 6.07) is -0.755. The van der Waals surface area contributed by atoms with Crippen LogP contribution in [0.25, 0.3) is 0 Å². The summed E-state index contributed by atoms with van der Waals surface area (Å²) in [7, 11) is 1.27. The molecule has 0 saturated heterocycles. The predicted molar refractivity (Wildman–Crippen MR) is 63.4 cm³/mol. The van der Waals surface area contributed by atoms with Gasteiger partial charge in [0, 0.05) is 6.54 Å². The van der Waals surface area contributed by atoms with Crippen molar-refractivity contribution in [2.45, 2.75) is 39.3 Å². The minimum atomic E-state index is -0.755. The molecule has 0 rings (SSSR count). The lowest BCUT2D eigenvalue weighted by atomic mass is 10.0. The van der Waals surface area contributed by atoms with Crippen LogP contribution in [0.1, 0.15) is 27.7 Å². The Balaban J connectivity index is 4.04. The zero-order valence-electron chi connectivity index (χ0n) is 11.1. The summed E-state index contributed by atoms with van der Waals surface area (Å²) >= 11 is 0. The Bertz CT molecular complexity index is 273. The number of methoxy groups -OCH3 is 1. The minimum Gasteiger partial charge on any atom is -0.468 e. The van der Waals surface area contributed by atoms with E-state index in [1.807, 2.05) is 0 Å². The van der Waals surface area contributed by atoms with Crippen molar-refractivity contribution in [3.8, 4) is 0 Å². The number of hydrogen-bond acceptors (Lipinski definition) is 5. The predicted octanol–water partition coefficient (Wildman–Crippen LogP) is 0.647. The van der Waals surface area contributed by atoms with Crippen LogP contribution < -0.4 is 11.1 Å². The summed E-state index contributed by atoms with van der Waals surface area (Å²) in [5.74, 6) is -0.724. The van der Waals surface area contributed by atoms with Crippen molar-refractivity contribution in [1.82, 2.24) is 5.32 Å². The number of ether oxygens (including phenoxy) is 2. The molecular formula is C11H22N2O4. The normalized spacial score (nSPS) is 14.7. The van der Waals surface area contributed by atoms with Crippen LogP contribution in [0.2, 0.25) is 0 Å². The molecule has 0 radical (unpaired) electrons. The second kappa shape index (κ2) is 6.44. The highest BCUT2D eigenvalue weighted by Crippen LogP contribution is 2.07. The number of esters is 1. The first kappa shape index (κ1) is 15.7. The molecular weight excluding hydrogens is 224 g/mol. The number of carbonyl (C=O) groups excluding carboxylic acids is 2. The van der Waals surface area contributed by atoms with Gasteiger partial charge in [-0.1, -0.05) is 6.92 Å². The lowest BCUT2D eigenvalue weighted by molar-refractivity contribution is -0.143. The second-order valence-electron chi connectivity index (χ2n) is 4.91. The van der Waals surface area contributed by atoms with Crippen LogP contribution in [0.15, 0.2) is 0 Å². The molecule has 100 valence electrons. The molecule has 1 unspecified atom stereocenters. The third kappa shape index (κ3) is 6.78. The van der Waals surface area contributed by atoms with E-state index in [1.165, 1.54) is 7.11 Å². The molecule has 0 bridgehead atoms. The van der Waals surface area contributed by atoms with Gasteiger partial charge in [0.05, 0.1) is 7.11 Å². The van der Waals surface area contributed by atoms with Crippen molar-refractivity contribution < 1.29 is 19.1 Å². The van der Waals surface area contributed by atoms with Gasteiger partial charge in [-0.2, -0.15) is 0 Å². The van der Waals surface area contributed by atoms with Gasteiger partial charge >= 0.3 is 12.1 Å². The summed E-state index contributed by atoms with van der Waals surface area (Å²) < 4.78 is 9.56. The highest BCUT2D eigenvalue weighted by Gasteiger charge is 2.23. The van der Waals surface area contributed by atoms with E-state index >= 15 is 0 Å². The smallest absolute Gasteiger partial charge is 0.407 e. The molecule has 0 aromatic heterocycles.